The van der Waals surface area contributed by atoms with Crippen LogP contribution in [-0.2, 0) is 31.0 Å². The van der Waals surface area contributed by atoms with Crippen LogP contribution < -0.4 is 0 Å². The Morgan fingerprint density at radius 1 is 0.750 bits per heavy atom. The first kappa shape index (κ1) is 22.9. The summed E-state index contributed by atoms with van der Waals surface area (Å²) < 4.78 is 21.4. The second-order valence-corrected chi connectivity index (χ2v) is 6.42. The number of phosphoric acid groups is 1. The first-order valence-electron chi connectivity index (χ1n) is 7.74. The summed E-state index contributed by atoms with van der Waals surface area (Å²) in [4.78, 5) is 9.43. The van der Waals surface area contributed by atoms with E-state index in [9.17, 15) is 9.46 Å². The Hall–Kier alpha value is 0.642. The molecular weight excluding hydrogens is 315 g/mol. The van der Waals surface area contributed by atoms with E-state index in [2.05, 4.69) is 13.8 Å². The molecule has 0 saturated heterocycles. The number of hydrogen-bond donors (Lipinski definition) is 1. The average Bonchev–Trinajstić information content (AvgIpc) is 2.38. The van der Waals surface area contributed by atoms with Crippen LogP contribution in [0.15, 0.2) is 0 Å². The van der Waals surface area contributed by atoms with Crippen molar-refractivity contribution in [2.45, 2.75) is 78.1 Å². The average molecular weight is 346 g/mol. The van der Waals surface area contributed by atoms with Gasteiger partial charge in [0.1, 0.15) is 0 Å². The van der Waals surface area contributed by atoms with Gasteiger partial charge in [-0.25, -0.2) is 4.57 Å². The van der Waals surface area contributed by atoms with E-state index in [1.165, 1.54) is 25.7 Å². The van der Waals surface area contributed by atoms with Gasteiger partial charge in [-0.2, -0.15) is 0 Å². The van der Waals surface area contributed by atoms with Gasteiger partial charge < -0.3 is 4.89 Å². The zero-order valence-corrected chi connectivity index (χ0v) is 15.2. The van der Waals surface area contributed by atoms with E-state index in [0.717, 1.165) is 38.5 Å². The Balaban J connectivity index is 0. The van der Waals surface area contributed by atoms with Crippen molar-refractivity contribution in [3.63, 3.8) is 0 Å². The molecule has 0 aromatic heterocycles. The van der Waals surface area contributed by atoms with Crippen LogP contribution in [0.1, 0.15) is 78.1 Å². The van der Waals surface area contributed by atoms with Crippen LogP contribution in [-0.4, -0.2) is 18.1 Å². The van der Waals surface area contributed by atoms with Crippen LogP contribution in [0, 0.1) is 0 Å². The number of unbranched alkanes of at least 4 members (excludes halogenated alkanes) is 8. The largest absolute Gasteiger partial charge is 0.472 e. The summed E-state index contributed by atoms with van der Waals surface area (Å²) in [6, 6.07) is 0. The third kappa shape index (κ3) is 16.7. The van der Waals surface area contributed by atoms with Gasteiger partial charge in [-0.15, -0.1) is 0 Å². The molecule has 0 aliphatic rings. The van der Waals surface area contributed by atoms with E-state index < -0.39 is 7.82 Å². The van der Waals surface area contributed by atoms with Gasteiger partial charge in [-0.1, -0.05) is 65.2 Å². The minimum atomic E-state index is -3.80. The maximum atomic E-state index is 11.5. The molecule has 0 aliphatic carbocycles. The smallest absolute Gasteiger partial charge is 0.302 e. The fourth-order valence-corrected chi connectivity index (χ4v) is 2.60. The Morgan fingerprint density at radius 2 is 1.10 bits per heavy atom. The number of hydrogen-bond acceptors (Lipinski definition) is 3. The van der Waals surface area contributed by atoms with Crippen molar-refractivity contribution < 1.29 is 35.9 Å². The molecule has 20 heavy (non-hydrogen) atoms. The molecule has 0 atom stereocenters. The van der Waals surface area contributed by atoms with Crippen LogP contribution in [0.5, 0.6) is 0 Å². The van der Waals surface area contributed by atoms with Crippen molar-refractivity contribution in [2.75, 3.05) is 13.2 Å². The molecular formula is C14H31CrO4P. The topological polar surface area (TPSA) is 55.8 Å². The van der Waals surface area contributed by atoms with Crippen molar-refractivity contribution in [3.05, 3.63) is 0 Å². The van der Waals surface area contributed by atoms with Gasteiger partial charge in [0.25, 0.3) is 0 Å². The van der Waals surface area contributed by atoms with Gasteiger partial charge in [0.15, 0.2) is 0 Å². The van der Waals surface area contributed by atoms with Gasteiger partial charge in [-0.05, 0) is 12.8 Å². The summed E-state index contributed by atoms with van der Waals surface area (Å²) in [5.41, 5.74) is 0. The zero-order valence-electron chi connectivity index (χ0n) is 13.0. The van der Waals surface area contributed by atoms with Crippen molar-refractivity contribution in [1.29, 1.82) is 0 Å². The van der Waals surface area contributed by atoms with Crippen molar-refractivity contribution >= 4 is 7.82 Å². The fourth-order valence-electron chi connectivity index (χ4n) is 1.81. The van der Waals surface area contributed by atoms with Crippen LogP contribution in [0.3, 0.4) is 0 Å². The van der Waals surface area contributed by atoms with E-state index in [1.54, 1.807) is 0 Å². The summed E-state index contributed by atoms with van der Waals surface area (Å²) in [7, 11) is -3.80. The summed E-state index contributed by atoms with van der Waals surface area (Å²) in [5.74, 6) is 0. The third-order valence-electron chi connectivity index (χ3n) is 3.00. The van der Waals surface area contributed by atoms with Crippen molar-refractivity contribution in [2.24, 2.45) is 0 Å². The standard InChI is InChI=1S/C14H31O4P.Cr/c1-3-5-7-9-11-13-17-19(15,16)18-14-12-10-8-6-4-2;/h3-14H2,1-2H3,(H,15,16);. The Labute approximate surface area is 135 Å². The fraction of sp³-hybridized carbons (Fsp3) is 1.00. The SMILES string of the molecule is CCCCCCCOP(=O)(O)OCCCCCCC.[Cr]. The monoisotopic (exact) mass is 346 g/mol. The van der Waals surface area contributed by atoms with Gasteiger partial charge in [-0.3, -0.25) is 9.05 Å². The molecule has 0 heterocycles. The zero-order chi connectivity index (χ0) is 14.4. The second kappa shape index (κ2) is 16.0. The first-order valence-corrected chi connectivity index (χ1v) is 9.23. The Morgan fingerprint density at radius 3 is 1.45 bits per heavy atom. The van der Waals surface area contributed by atoms with Crippen molar-refractivity contribution in [3.8, 4) is 0 Å². The quantitative estimate of drug-likeness (QED) is 0.353. The summed E-state index contributed by atoms with van der Waals surface area (Å²) in [6.45, 7) is 4.94. The van der Waals surface area contributed by atoms with Gasteiger partial charge in [0.2, 0.25) is 0 Å². The van der Waals surface area contributed by atoms with E-state index in [0.29, 0.717) is 13.2 Å². The molecule has 0 aromatic rings. The van der Waals surface area contributed by atoms with Gasteiger partial charge in [0, 0.05) is 17.4 Å². The minimum Gasteiger partial charge on any atom is -0.302 e. The van der Waals surface area contributed by atoms with Crippen LogP contribution in [0.4, 0.5) is 0 Å². The maximum Gasteiger partial charge on any atom is 0.472 e. The van der Waals surface area contributed by atoms with Gasteiger partial charge >= 0.3 is 7.82 Å². The van der Waals surface area contributed by atoms with Crippen LogP contribution in [0.2, 0.25) is 0 Å². The van der Waals surface area contributed by atoms with E-state index in [1.807, 2.05) is 0 Å². The van der Waals surface area contributed by atoms with Crippen LogP contribution in [0.25, 0.3) is 0 Å². The minimum absolute atomic E-state index is 0. The first-order chi connectivity index (χ1) is 9.12. The molecule has 0 aromatic carbocycles. The molecule has 0 unspecified atom stereocenters. The van der Waals surface area contributed by atoms with Crippen LogP contribution >= 0.6 is 7.82 Å². The Kier molecular flexibility index (Phi) is 18.4. The molecule has 0 spiro atoms. The van der Waals surface area contributed by atoms with E-state index in [4.69, 9.17) is 9.05 Å². The van der Waals surface area contributed by atoms with Gasteiger partial charge in [0.05, 0.1) is 13.2 Å². The molecule has 4 nitrogen and oxygen atoms in total. The molecule has 0 rings (SSSR count). The summed E-state index contributed by atoms with van der Waals surface area (Å²) in [5, 5.41) is 0. The molecule has 6 heteroatoms. The predicted octanol–water partition coefficient (Wildman–Crippen LogP) is 5.06. The molecule has 0 fully saturated rings. The molecule has 0 amide bonds. The molecule has 0 bridgehead atoms. The normalized spacial score (nSPS) is 11.3. The Bertz CT molecular complexity index is 219. The summed E-state index contributed by atoms with van der Waals surface area (Å²) >= 11 is 0. The maximum absolute atomic E-state index is 11.5. The predicted molar refractivity (Wildman–Crippen MR) is 79.2 cm³/mol. The molecule has 122 valence electrons. The third-order valence-corrected chi connectivity index (χ3v) is 4.02. The summed E-state index contributed by atoms with van der Waals surface area (Å²) in [6.07, 6.45) is 10.9. The van der Waals surface area contributed by atoms with E-state index >= 15 is 0 Å². The second-order valence-electron chi connectivity index (χ2n) is 4.96. The molecule has 0 saturated carbocycles. The molecule has 1 N–H and O–H groups in total. The van der Waals surface area contributed by atoms with Crippen molar-refractivity contribution in [1.82, 2.24) is 0 Å². The molecule has 0 radical (unpaired) electrons. The number of rotatable bonds is 14. The molecule has 0 aliphatic heterocycles. The number of phosphoric ester groups is 1. The van der Waals surface area contributed by atoms with E-state index in [-0.39, 0.29) is 17.4 Å².